The lowest BCUT2D eigenvalue weighted by Crippen LogP contribution is -2.15. The van der Waals surface area contributed by atoms with Crippen LogP contribution in [-0.4, -0.2) is 6.04 Å². The second-order valence-corrected chi connectivity index (χ2v) is 5.19. The summed E-state index contributed by atoms with van der Waals surface area (Å²) in [7, 11) is 0. The zero-order chi connectivity index (χ0) is 15.0. The van der Waals surface area contributed by atoms with Crippen molar-refractivity contribution in [1.29, 1.82) is 0 Å². The molecule has 0 spiro atoms. The monoisotopic (exact) mass is 295 g/mol. The highest BCUT2D eigenvalue weighted by molar-refractivity contribution is 5.65. The Bertz CT molecular complexity index is 680. The van der Waals surface area contributed by atoms with Crippen LogP contribution in [0.15, 0.2) is 30.3 Å². The maximum absolute atomic E-state index is 14.1. The van der Waals surface area contributed by atoms with Crippen LogP contribution in [0.1, 0.15) is 18.4 Å². The fourth-order valence-corrected chi connectivity index (χ4v) is 2.17. The van der Waals surface area contributed by atoms with Crippen molar-refractivity contribution < 1.29 is 17.6 Å². The molecule has 5 heteroatoms. The predicted molar refractivity (Wildman–Crippen MR) is 71.6 cm³/mol. The van der Waals surface area contributed by atoms with E-state index >= 15 is 0 Å². The highest BCUT2D eigenvalue weighted by atomic mass is 19.2. The maximum atomic E-state index is 14.1. The van der Waals surface area contributed by atoms with Crippen LogP contribution in [0.5, 0.6) is 0 Å². The van der Waals surface area contributed by atoms with Crippen molar-refractivity contribution in [1.82, 2.24) is 5.32 Å². The number of benzene rings is 2. The molecule has 0 atom stereocenters. The number of hydrogen-bond acceptors (Lipinski definition) is 1. The predicted octanol–water partition coefficient (Wildman–Crippen LogP) is 4.16. The van der Waals surface area contributed by atoms with Crippen LogP contribution in [0.4, 0.5) is 17.6 Å². The molecule has 0 amide bonds. The second-order valence-electron chi connectivity index (χ2n) is 5.19. The van der Waals surface area contributed by atoms with Crippen LogP contribution in [-0.2, 0) is 6.54 Å². The van der Waals surface area contributed by atoms with Crippen LogP contribution in [0.3, 0.4) is 0 Å². The zero-order valence-corrected chi connectivity index (χ0v) is 11.1. The average molecular weight is 295 g/mol. The summed E-state index contributed by atoms with van der Waals surface area (Å²) in [6.45, 7) is 0.530. The molecule has 0 unspecified atom stereocenters. The first kappa shape index (κ1) is 14.1. The molecule has 0 radical (unpaired) electrons. The summed E-state index contributed by atoms with van der Waals surface area (Å²) in [5, 5.41) is 3.24. The first-order valence-corrected chi connectivity index (χ1v) is 6.72. The molecular weight excluding hydrogens is 282 g/mol. The zero-order valence-electron chi connectivity index (χ0n) is 11.1. The van der Waals surface area contributed by atoms with Crippen LogP contribution in [0.2, 0.25) is 0 Å². The third-order valence-electron chi connectivity index (χ3n) is 3.53. The first-order valence-electron chi connectivity index (χ1n) is 6.72. The standard InChI is InChI=1S/C16H13F4N/c17-13-6-5-12(15(19)16(13)20)11-4-1-9(7-14(11)18)8-21-10-2-3-10/h1,4-7,10,21H,2-3,8H2. The van der Waals surface area contributed by atoms with E-state index < -0.39 is 23.3 Å². The minimum absolute atomic E-state index is 0.0819. The van der Waals surface area contributed by atoms with Crippen molar-refractivity contribution in [2.75, 3.05) is 0 Å². The van der Waals surface area contributed by atoms with E-state index in [-0.39, 0.29) is 11.1 Å². The van der Waals surface area contributed by atoms with Gasteiger partial charge in [-0.1, -0.05) is 12.1 Å². The number of nitrogens with one attached hydrogen (secondary N) is 1. The summed E-state index contributed by atoms with van der Waals surface area (Å²) >= 11 is 0. The van der Waals surface area contributed by atoms with Gasteiger partial charge in [0.15, 0.2) is 17.5 Å². The summed E-state index contributed by atoms with van der Waals surface area (Å²) in [5.41, 5.74) is 0.362. The lowest BCUT2D eigenvalue weighted by atomic mass is 10.0. The van der Waals surface area contributed by atoms with Crippen molar-refractivity contribution >= 4 is 0 Å². The number of halogens is 4. The van der Waals surface area contributed by atoms with Crippen LogP contribution in [0, 0.1) is 23.3 Å². The molecule has 2 aromatic rings. The van der Waals surface area contributed by atoms with E-state index in [2.05, 4.69) is 5.32 Å². The normalized spacial score (nSPS) is 14.5. The molecule has 0 aromatic heterocycles. The van der Waals surface area contributed by atoms with Gasteiger partial charge in [-0.2, -0.15) is 0 Å². The van der Waals surface area contributed by atoms with Gasteiger partial charge in [-0.25, -0.2) is 17.6 Å². The van der Waals surface area contributed by atoms with Gasteiger partial charge in [0.25, 0.3) is 0 Å². The molecule has 1 aliphatic rings. The van der Waals surface area contributed by atoms with Crippen LogP contribution in [0.25, 0.3) is 11.1 Å². The molecule has 0 bridgehead atoms. The molecule has 110 valence electrons. The molecular formula is C16H13F4N. The van der Waals surface area contributed by atoms with Gasteiger partial charge in [-0.15, -0.1) is 0 Å². The van der Waals surface area contributed by atoms with Gasteiger partial charge in [0, 0.05) is 23.7 Å². The molecule has 1 nitrogen and oxygen atoms in total. The van der Waals surface area contributed by atoms with Crippen molar-refractivity contribution in [3.63, 3.8) is 0 Å². The molecule has 1 saturated carbocycles. The average Bonchev–Trinajstić information content (AvgIpc) is 3.28. The Balaban J connectivity index is 1.89. The largest absolute Gasteiger partial charge is 0.310 e. The minimum atomic E-state index is -1.59. The highest BCUT2D eigenvalue weighted by Gasteiger charge is 2.21. The Morgan fingerprint density at radius 1 is 0.857 bits per heavy atom. The number of rotatable bonds is 4. The summed E-state index contributed by atoms with van der Waals surface area (Å²) < 4.78 is 53.9. The molecule has 0 saturated heterocycles. The van der Waals surface area contributed by atoms with E-state index in [0.29, 0.717) is 12.6 Å². The van der Waals surface area contributed by atoms with Crippen molar-refractivity contribution in [2.45, 2.75) is 25.4 Å². The third kappa shape index (κ3) is 2.93. The van der Waals surface area contributed by atoms with E-state index in [9.17, 15) is 17.6 Å². The molecule has 1 fully saturated rings. The van der Waals surface area contributed by atoms with Gasteiger partial charge in [-0.05, 0) is 36.6 Å². The van der Waals surface area contributed by atoms with Crippen LogP contribution >= 0.6 is 0 Å². The van der Waals surface area contributed by atoms with Gasteiger partial charge < -0.3 is 5.32 Å². The molecule has 3 rings (SSSR count). The third-order valence-corrected chi connectivity index (χ3v) is 3.53. The molecule has 1 aliphatic carbocycles. The van der Waals surface area contributed by atoms with Crippen molar-refractivity contribution in [3.8, 4) is 11.1 Å². The van der Waals surface area contributed by atoms with Crippen molar-refractivity contribution in [2.24, 2.45) is 0 Å². The van der Waals surface area contributed by atoms with Gasteiger partial charge in [0.2, 0.25) is 0 Å². The summed E-state index contributed by atoms with van der Waals surface area (Å²) in [6, 6.07) is 6.63. The Morgan fingerprint density at radius 2 is 1.57 bits per heavy atom. The molecule has 0 aliphatic heterocycles. The van der Waals surface area contributed by atoms with E-state index in [1.54, 1.807) is 6.07 Å². The smallest absolute Gasteiger partial charge is 0.195 e. The van der Waals surface area contributed by atoms with Gasteiger partial charge in [-0.3, -0.25) is 0 Å². The van der Waals surface area contributed by atoms with Gasteiger partial charge >= 0.3 is 0 Å². The summed E-state index contributed by atoms with van der Waals surface area (Å²) in [6.07, 6.45) is 2.25. The Hall–Kier alpha value is -1.88. The lowest BCUT2D eigenvalue weighted by Gasteiger charge is -2.09. The van der Waals surface area contributed by atoms with E-state index in [0.717, 1.165) is 30.5 Å². The van der Waals surface area contributed by atoms with E-state index in [4.69, 9.17) is 0 Å². The molecule has 2 aromatic carbocycles. The lowest BCUT2D eigenvalue weighted by molar-refractivity contribution is 0.448. The number of hydrogen-bond donors (Lipinski definition) is 1. The Labute approximate surface area is 119 Å². The Morgan fingerprint density at radius 3 is 2.24 bits per heavy atom. The summed E-state index contributed by atoms with van der Waals surface area (Å²) in [5.74, 6) is -4.92. The molecule has 1 N–H and O–H groups in total. The SMILES string of the molecule is Fc1cc(CNC2CC2)ccc1-c1ccc(F)c(F)c1F. The Kier molecular flexibility index (Phi) is 3.68. The fourth-order valence-electron chi connectivity index (χ4n) is 2.17. The first-order chi connectivity index (χ1) is 10.1. The summed E-state index contributed by atoms with van der Waals surface area (Å²) in [4.78, 5) is 0. The minimum Gasteiger partial charge on any atom is -0.310 e. The maximum Gasteiger partial charge on any atom is 0.195 e. The quantitative estimate of drug-likeness (QED) is 0.659. The van der Waals surface area contributed by atoms with Gasteiger partial charge in [0.1, 0.15) is 5.82 Å². The topological polar surface area (TPSA) is 12.0 Å². The van der Waals surface area contributed by atoms with Crippen molar-refractivity contribution in [3.05, 3.63) is 59.2 Å². The molecule has 0 heterocycles. The van der Waals surface area contributed by atoms with Gasteiger partial charge in [0.05, 0.1) is 0 Å². The highest BCUT2D eigenvalue weighted by Crippen LogP contribution is 2.29. The van der Waals surface area contributed by atoms with Crippen LogP contribution < -0.4 is 5.32 Å². The molecule has 21 heavy (non-hydrogen) atoms. The van der Waals surface area contributed by atoms with E-state index in [1.165, 1.54) is 12.1 Å². The van der Waals surface area contributed by atoms with E-state index in [1.807, 2.05) is 0 Å². The second kappa shape index (κ2) is 5.48. The fraction of sp³-hybridized carbons (Fsp3) is 0.250.